The van der Waals surface area contributed by atoms with Crippen molar-refractivity contribution in [1.82, 2.24) is 29.1 Å². The summed E-state index contributed by atoms with van der Waals surface area (Å²) in [7, 11) is 1.45. The first-order valence-corrected chi connectivity index (χ1v) is 10.5. The number of aliphatic hydroxyl groups excluding tert-OH is 1. The second-order valence-electron chi connectivity index (χ2n) is 7.70. The van der Waals surface area contributed by atoms with E-state index < -0.39 is 11.5 Å². The fourth-order valence-electron chi connectivity index (χ4n) is 3.80. The van der Waals surface area contributed by atoms with E-state index in [9.17, 15) is 14.3 Å². The number of hydrogen-bond acceptors (Lipinski definition) is 9. The highest BCUT2D eigenvalue weighted by Crippen LogP contribution is 2.36. The van der Waals surface area contributed by atoms with Crippen molar-refractivity contribution in [1.29, 1.82) is 0 Å². The molecule has 0 saturated carbocycles. The van der Waals surface area contributed by atoms with Gasteiger partial charge < -0.3 is 20.0 Å². The number of hydrogen-bond donors (Lipinski definition) is 2. The topological polar surface area (TPSA) is 147 Å². The van der Waals surface area contributed by atoms with Crippen molar-refractivity contribution in [2.75, 3.05) is 12.8 Å². The molecular weight excluding hydrogens is 457 g/mol. The van der Waals surface area contributed by atoms with Crippen molar-refractivity contribution in [2.24, 2.45) is 0 Å². The summed E-state index contributed by atoms with van der Waals surface area (Å²) in [5.74, 6) is 0.283. The molecule has 0 unspecified atom stereocenters. The third-order valence-corrected chi connectivity index (χ3v) is 5.53. The number of ether oxygens (including phenoxy) is 1. The van der Waals surface area contributed by atoms with Gasteiger partial charge in [0.25, 0.3) is 0 Å². The molecule has 3 N–H and O–H groups in total. The van der Waals surface area contributed by atoms with Crippen molar-refractivity contribution in [3.63, 3.8) is 0 Å². The molecule has 0 saturated heterocycles. The number of nitrogen functional groups attached to an aromatic ring is 1. The number of anilines is 1. The highest BCUT2D eigenvalue weighted by molar-refractivity contribution is 5.91. The van der Waals surface area contributed by atoms with Gasteiger partial charge in [0.15, 0.2) is 12.0 Å². The van der Waals surface area contributed by atoms with Crippen LogP contribution in [0.1, 0.15) is 17.1 Å². The number of nitrogens with zero attached hydrogens (tertiary/aromatic N) is 6. The van der Waals surface area contributed by atoms with E-state index in [-0.39, 0.29) is 30.6 Å². The number of nitrogens with two attached hydrogens (primary N) is 1. The molecule has 0 atom stereocenters. The summed E-state index contributed by atoms with van der Waals surface area (Å²) in [5.41, 5.74) is 8.62. The highest BCUT2D eigenvalue weighted by atomic mass is 19.1. The summed E-state index contributed by atoms with van der Waals surface area (Å²) in [6, 6.07) is 8.96. The lowest BCUT2D eigenvalue weighted by Gasteiger charge is -2.13. The van der Waals surface area contributed by atoms with Crippen molar-refractivity contribution < 1.29 is 18.7 Å². The van der Waals surface area contributed by atoms with Gasteiger partial charge in [-0.2, -0.15) is 0 Å². The Morgan fingerprint density at radius 1 is 1.17 bits per heavy atom. The number of fused-ring (bicyclic) bond motifs is 1. The molecule has 0 aliphatic carbocycles. The van der Waals surface area contributed by atoms with Gasteiger partial charge >= 0.3 is 5.69 Å². The molecule has 4 aromatic heterocycles. The standard InChI is InChI=1S/C23H20FN7O4/c1-12-17(26-11-35-12)9-30-23(33)31-21(29-30)19(14-7-16(10-32)27-18(8-14)34-2)20(28-22(31)25)13-3-5-15(24)6-4-13/h3-8,11,32H,9-10H2,1-2H3,(H2,25,28). The van der Waals surface area contributed by atoms with Crippen LogP contribution < -0.4 is 16.2 Å². The van der Waals surface area contributed by atoms with Gasteiger partial charge in [-0.1, -0.05) is 0 Å². The number of aromatic nitrogens is 6. The SMILES string of the molecule is COc1cc(-c2c(-c3ccc(F)cc3)nc(N)n3c(=O)n(Cc4ncoc4C)nc23)cc(CO)n1. The first-order chi connectivity index (χ1) is 16.9. The highest BCUT2D eigenvalue weighted by Gasteiger charge is 2.23. The minimum atomic E-state index is -0.525. The van der Waals surface area contributed by atoms with Crippen LogP contribution in [0.25, 0.3) is 28.0 Å². The molecule has 5 aromatic rings. The monoisotopic (exact) mass is 477 g/mol. The lowest BCUT2D eigenvalue weighted by Crippen LogP contribution is -2.24. The van der Waals surface area contributed by atoms with Crippen LogP contribution >= 0.6 is 0 Å². The Kier molecular flexibility index (Phi) is 5.49. The third-order valence-electron chi connectivity index (χ3n) is 5.53. The van der Waals surface area contributed by atoms with Crippen molar-refractivity contribution in [3.05, 3.63) is 76.2 Å². The fourth-order valence-corrected chi connectivity index (χ4v) is 3.80. The summed E-state index contributed by atoms with van der Waals surface area (Å²) in [6.07, 6.45) is 1.29. The van der Waals surface area contributed by atoms with E-state index >= 15 is 0 Å². The number of aliphatic hydroxyl groups is 1. The number of halogens is 1. The van der Waals surface area contributed by atoms with Gasteiger partial charge in [0, 0.05) is 11.6 Å². The van der Waals surface area contributed by atoms with Gasteiger partial charge in [-0.15, -0.1) is 5.10 Å². The summed E-state index contributed by atoms with van der Waals surface area (Å²) >= 11 is 0. The Morgan fingerprint density at radius 2 is 1.94 bits per heavy atom. The third kappa shape index (κ3) is 3.89. The van der Waals surface area contributed by atoms with Crippen LogP contribution in [0.15, 0.2) is 52.0 Å². The molecule has 1 aromatic carbocycles. The normalized spacial score (nSPS) is 11.3. The van der Waals surface area contributed by atoms with Crippen LogP contribution in [-0.4, -0.2) is 41.3 Å². The Hall–Kier alpha value is -4.58. The molecule has 0 aliphatic heterocycles. The lowest BCUT2D eigenvalue weighted by atomic mass is 10.00. The predicted octanol–water partition coefficient (Wildman–Crippen LogP) is 2.19. The Morgan fingerprint density at radius 3 is 2.60 bits per heavy atom. The predicted molar refractivity (Wildman–Crippen MR) is 123 cm³/mol. The van der Waals surface area contributed by atoms with E-state index in [4.69, 9.17) is 14.9 Å². The molecule has 12 heteroatoms. The summed E-state index contributed by atoms with van der Waals surface area (Å²) in [5, 5.41) is 14.3. The molecule has 0 spiro atoms. The molecule has 0 radical (unpaired) electrons. The van der Waals surface area contributed by atoms with Gasteiger partial charge in [-0.3, -0.25) is 0 Å². The number of pyridine rings is 1. The molecule has 11 nitrogen and oxygen atoms in total. The molecule has 4 heterocycles. The summed E-state index contributed by atoms with van der Waals surface area (Å²) < 4.78 is 26.6. The first kappa shape index (κ1) is 22.2. The lowest BCUT2D eigenvalue weighted by molar-refractivity contribution is 0.274. The van der Waals surface area contributed by atoms with Crippen LogP contribution in [0.2, 0.25) is 0 Å². The van der Waals surface area contributed by atoms with Gasteiger partial charge in [-0.05, 0) is 42.8 Å². The Labute approximate surface area is 197 Å². The van der Waals surface area contributed by atoms with Crippen LogP contribution in [0.5, 0.6) is 5.88 Å². The quantitative estimate of drug-likeness (QED) is 0.376. The van der Waals surface area contributed by atoms with Gasteiger partial charge in [0.05, 0.1) is 37.2 Å². The maximum Gasteiger partial charge on any atom is 0.353 e. The molecule has 0 aliphatic rings. The Balaban J connectivity index is 1.84. The van der Waals surface area contributed by atoms with Gasteiger partial charge in [-0.25, -0.2) is 33.2 Å². The zero-order valence-electron chi connectivity index (χ0n) is 18.8. The van der Waals surface area contributed by atoms with Crippen molar-refractivity contribution >= 4 is 11.6 Å². The number of rotatable bonds is 6. The molecule has 0 amide bonds. The van der Waals surface area contributed by atoms with Gasteiger partial charge in [0.2, 0.25) is 11.8 Å². The van der Waals surface area contributed by atoms with E-state index in [1.165, 1.54) is 34.7 Å². The maximum absolute atomic E-state index is 13.7. The average molecular weight is 477 g/mol. The second-order valence-corrected chi connectivity index (χ2v) is 7.70. The van der Waals surface area contributed by atoms with Gasteiger partial charge in [0.1, 0.15) is 17.3 Å². The summed E-state index contributed by atoms with van der Waals surface area (Å²) in [6.45, 7) is 1.44. The zero-order valence-corrected chi connectivity index (χ0v) is 18.8. The number of benzene rings is 1. The largest absolute Gasteiger partial charge is 0.481 e. The summed E-state index contributed by atoms with van der Waals surface area (Å²) in [4.78, 5) is 26.1. The number of methoxy groups -OCH3 is 1. The minimum Gasteiger partial charge on any atom is -0.481 e. The van der Waals surface area contributed by atoms with E-state index in [1.54, 1.807) is 31.2 Å². The molecule has 0 bridgehead atoms. The van der Waals surface area contributed by atoms with Crippen molar-refractivity contribution in [3.8, 4) is 28.3 Å². The smallest absolute Gasteiger partial charge is 0.353 e. The van der Waals surface area contributed by atoms with E-state index in [0.29, 0.717) is 39.5 Å². The van der Waals surface area contributed by atoms with Crippen LogP contribution in [0.4, 0.5) is 10.3 Å². The van der Waals surface area contributed by atoms with Crippen LogP contribution in [0, 0.1) is 12.7 Å². The van der Waals surface area contributed by atoms with Crippen LogP contribution in [0.3, 0.4) is 0 Å². The molecular formula is C23H20FN7O4. The van der Waals surface area contributed by atoms with Crippen molar-refractivity contribution in [2.45, 2.75) is 20.1 Å². The average Bonchev–Trinajstić information content (AvgIpc) is 3.41. The van der Waals surface area contributed by atoms with E-state index in [1.807, 2.05) is 0 Å². The Bertz CT molecular complexity index is 1580. The van der Waals surface area contributed by atoms with E-state index in [0.717, 1.165) is 0 Å². The van der Waals surface area contributed by atoms with Crippen LogP contribution in [-0.2, 0) is 13.2 Å². The molecule has 5 rings (SSSR count). The fraction of sp³-hybridized carbons (Fsp3) is 0.174. The van der Waals surface area contributed by atoms with E-state index in [2.05, 4.69) is 20.1 Å². The number of oxazole rings is 1. The molecule has 35 heavy (non-hydrogen) atoms. The molecule has 0 fully saturated rings. The zero-order chi connectivity index (χ0) is 24.7. The second kappa shape index (κ2) is 8.65. The minimum absolute atomic E-state index is 0.0508. The maximum atomic E-state index is 13.7. The number of aryl methyl sites for hydroxylation is 1. The molecule has 178 valence electrons. The first-order valence-electron chi connectivity index (χ1n) is 10.5.